The second kappa shape index (κ2) is 9.53. The molecule has 0 aromatic heterocycles. The van der Waals surface area contributed by atoms with Crippen molar-refractivity contribution in [1.29, 1.82) is 0 Å². The van der Waals surface area contributed by atoms with Crippen LogP contribution in [-0.4, -0.2) is 85.4 Å². The molecule has 0 aromatic rings. The number of piperazine rings is 2. The van der Waals surface area contributed by atoms with Gasteiger partial charge in [0.15, 0.2) is 0 Å². The Morgan fingerprint density at radius 1 is 0.800 bits per heavy atom. The predicted molar refractivity (Wildman–Crippen MR) is 98.3 cm³/mol. The minimum atomic E-state index is 0.275. The second-order valence-corrected chi connectivity index (χ2v) is 7.79. The summed E-state index contributed by atoms with van der Waals surface area (Å²) in [6.45, 7) is 7.78. The molecule has 142 valence electrons. The number of carbonyl (C=O) groups is 2. The first kappa shape index (κ1) is 18.6. The van der Waals surface area contributed by atoms with Crippen LogP contribution in [0.5, 0.6) is 0 Å². The Kier molecular flexibility index (Phi) is 7.11. The summed E-state index contributed by atoms with van der Waals surface area (Å²) in [6, 6.07) is 0. The summed E-state index contributed by atoms with van der Waals surface area (Å²) in [5.74, 6) is 1.40. The maximum atomic E-state index is 12.4. The van der Waals surface area contributed by atoms with Crippen LogP contribution < -0.4 is 5.32 Å². The lowest BCUT2D eigenvalue weighted by atomic mass is 10.0. The Labute approximate surface area is 151 Å². The van der Waals surface area contributed by atoms with Crippen LogP contribution in [0.15, 0.2) is 0 Å². The molecule has 0 radical (unpaired) electrons. The van der Waals surface area contributed by atoms with E-state index in [2.05, 4.69) is 10.2 Å². The van der Waals surface area contributed by atoms with E-state index in [1.807, 2.05) is 9.80 Å². The number of amides is 2. The number of nitrogens with one attached hydrogen (secondary N) is 1. The Morgan fingerprint density at radius 3 is 2.08 bits per heavy atom. The standard InChI is InChI=1S/C19H34N4O2/c24-18(6-5-17-3-1-2-4-17)23-15-13-21(14-16-23)10-7-19(25)22-11-8-20-9-12-22/h17,20H,1-16H2. The SMILES string of the molecule is O=C(CCN1CCN(C(=O)CCC2CCCC2)CC1)N1CCNCC1. The van der Waals surface area contributed by atoms with E-state index in [1.165, 1.54) is 25.7 Å². The Bertz CT molecular complexity index is 437. The molecule has 0 aromatic carbocycles. The number of nitrogens with zero attached hydrogens (tertiary/aromatic N) is 3. The molecule has 2 heterocycles. The average molecular weight is 351 g/mol. The fourth-order valence-electron chi connectivity index (χ4n) is 4.33. The van der Waals surface area contributed by atoms with Gasteiger partial charge in [0.05, 0.1) is 0 Å². The highest BCUT2D eigenvalue weighted by Crippen LogP contribution is 2.28. The van der Waals surface area contributed by atoms with Crippen molar-refractivity contribution in [3.8, 4) is 0 Å². The molecule has 0 atom stereocenters. The maximum Gasteiger partial charge on any atom is 0.223 e. The highest BCUT2D eigenvalue weighted by molar-refractivity contribution is 5.77. The molecule has 0 spiro atoms. The van der Waals surface area contributed by atoms with Gasteiger partial charge in [0.2, 0.25) is 11.8 Å². The van der Waals surface area contributed by atoms with E-state index in [0.29, 0.717) is 12.3 Å². The van der Waals surface area contributed by atoms with Crippen LogP contribution in [0.1, 0.15) is 44.9 Å². The molecule has 2 aliphatic heterocycles. The molecule has 0 bridgehead atoms. The fraction of sp³-hybridized carbons (Fsp3) is 0.895. The molecule has 2 saturated heterocycles. The summed E-state index contributed by atoms with van der Waals surface area (Å²) in [6.07, 6.45) is 7.76. The maximum absolute atomic E-state index is 12.4. The van der Waals surface area contributed by atoms with Crippen LogP contribution in [0.25, 0.3) is 0 Å². The third kappa shape index (κ3) is 5.68. The molecule has 3 fully saturated rings. The third-order valence-electron chi connectivity index (χ3n) is 6.08. The van der Waals surface area contributed by atoms with Crippen molar-refractivity contribution >= 4 is 11.8 Å². The van der Waals surface area contributed by atoms with Crippen molar-refractivity contribution in [3.05, 3.63) is 0 Å². The van der Waals surface area contributed by atoms with Gasteiger partial charge in [-0.05, 0) is 12.3 Å². The topological polar surface area (TPSA) is 55.9 Å². The molecule has 6 nitrogen and oxygen atoms in total. The normalized spacial score (nSPS) is 23.2. The van der Waals surface area contributed by atoms with Crippen molar-refractivity contribution in [3.63, 3.8) is 0 Å². The zero-order valence-electron chi connectivity index (χ0n) is 15.5. The van der Waals surface area contributed by atoms with E-state index in [9.17, 15) is 9.59 Å². The summed E-state index contributed by atoms with van der Waals surface area (Å²) in [7, 11) is 0. The summed E-state index contributed by atoms with van der Waals surface area (Å²) in [5, 5.41) is 3.28. The summed E-state index contributed by atoms with van der Waals surface area (Å²) < 4.78 is 0. The zero-order valence-corrected chi connectivity index (χ0v) is 15.5. The Morgan fingerprint density at radius 2 is 1.40 bits per heavy atom. The molecular formula is C19H34N4O2. The molecule has 3 aliphatic rings. The lowest BCUT2D eigenvalue weighted by Gasteiger charge is -2.35. The molecule has 6 heteroatoms. The van der Waals surface area contributed by atoms with Gasteiger partial charge in [-0.1, -0.05) is 25.7 Å². The number of rotatable bonds is 6. The largest absolute Gasteiger partial charge is 0.340 e. The first-order chi connectivity index (χ1) is 12.2. The average Bonchev–Trinajstić information content (AvgIpc) is 3.19. The Balaban J connectivity index is 1.29. The summed E-state index contributed by atoms with van der Waals surface area (Å²) >= 11 is 0. The van der Waals surface area contributed by atoms with Gasteiger partial charge in [-0.3, -0.25) is 14.5 Å². The van der Waals surface area contributed by atoms with Crippen LogP contribution in [-0.2, 0) is 9.59 Å². The predicted octanol–water partition coefficient (Wildman–Crippen LogP) is 0.923. The highest BCUT2D eigenvalue weighted by atomic mass is 16.2. The monoisotopic (exact) mass is 350 g/mol. The lowest BCUT2D eigenvalue weighted by molar-refractivity contribution is -0.135. The van der Waals surface area contributed by atoms with Crippen LogP contribution in [0.4, 0.5) is 0 Å². The van der Waals surface area contributed by atoms with Crippen molar-refractivity contribution in [1.82, 2.24) is 20.0 Å². The van der Waals surface area contributed by atoms with Crippen LogP contribution in [0.2, 0.25) is 0 Å². The minimum absolute atomic E-state index is 0.275. The molecule has 1 saturated carbocycles. The first-order valence-corrected chi connectivity index (χ1v) is 10.2. The molecule has 25 heavy (non-hydrogen) atoms. The molecule has 1 N–H and O–H groups in total. The van der Waals surface area contributed by atoms with E-state index in [4.69, 9.17) is 0 Å². The van der Waals surface area contributed by atoms with E-state index in [-0.39, 0.29) is 5.91 Å². The quantitative estimate of drug-likeness (QED) is 0.774. The van der Waals surface area contributed by atoms with Crippen molar-refractivity contribution in [2.45, 2.75) is 44.9 Å². The second-order valence-electron chi connectivity index (χ2n) is 7.79. The molecule has 0 unspecified atom stereocenters. The van der Waals surface area contributed by atoms with Crippen molar-refractivity contribution in [2.75, 3.05) is 58.9 Å². The van der Waals surface area contributed by atoms with Gasteiger partial charge in [0, 0.05) is 71.7 Å². The number of hydrogen-bond acceptors (Lipinski definition) is 4. The number of hydrogen-bond donors (Lipinski definition) is 1. The first-order valence-electron chi connectivity index (χ1n) is 10.2. The van der Waals surface area contributed by atoms with E-state index in [0.717, 1.165) is 77.7 Å². The van der Waals surface area contributed by atoms with E-state index in [1.54, 1.807) is 0 Å². The smallest absolute Gasteiger partial charge is 0.223 e. The van der Waals surface area contributed by atoms with Crippen molar-refractivity contribution < 1.29 is 9.59 Å². The van der Waals surface area contributed by atoms with Crippen LogP contribution >= 0.6 is 0 Å². The summed E-state index contributed by atoms with van der Waals surface area (Å²) in [5.41, 5.74) is 0. The molecule has 2 amide bonds. The number of carbonyl (C=O) groups excluding carboxylic acids is 2. The van der Waals surface area contributed by atoms with E-state index < -0.39 is 0 Å². The zero-order chi connectivity index (χ0) is 17.5. The molecule has 1 aliphatic carbocycles. The van der Waals surface area contributed by atoms with Crippen LogP contribution in [0.3, 0.4) is 0 Å². The van der Waals surface area contributed by atoms with Crippen LogP contribution in [0, 0.1) is 5.92 Å². The van der Waals surface area contributed by atoms with Gasteiger partial charge in [0.1, 0.15) is 0 Å². The fourth-order valence-corrected chi connectivity index (χ4v) is 4.33. The lowest BCUT2D eigenvalue weighted by Crippen LogP contribution is -2.50. The summed E-state index contributed by atoms with van der Waals surface area (Å²) in [4.78, 5) is 30.9. The molecular weight excluding hydrogens is 316 g/mol. The van der Waals surface area contributed by atoms with Gasteiger partial charge in [-0.2, -0.15) is 0 Å². The van der Waals surface area contributed by atoms with Gasteiger partial charge in [-0.25, -0.2) is 0 Å². The van der Waals surface area contributed by atoms with Gasteiger partial charge >= 0.3 is 0 Å². The van der Waals surface area contributed by atoms with Gasteiger partial charge in [-0.15, -0.1) is 0 Å². The highest BCUT2D eigenvalue weighted by Gasteiger charge is 2.24. The molecule has 3 rings (SSSR count). The van der Waals surface area contributed by atoms with E-state index >= 15 is 0 Å². The third-order valence-corrected chi connectivity index (χ3v) is 6.08. The van der Waals surface area contributed by atoms with Gasteiger partial charge in [0.25, 0.3) is 0 Å². The Hall–Kier alpha value is -1.14. The van der Waals surface area contributed by atoms with Gasteiger partial charge < -0.3 is 15.1 Å². The minimum Gasteiger partial charge on any atom is -0.340 e. The van der Waals surface area contributed by atoms with Crippen molar-refractivity contribution in [2.24, 2.45) is 5.92 Å².